The van der Waals surface area contributed by atoms with E-state index in [0.29, 0.717) is 24.3 Å². The first kappa shape index (κ1) is 14.3. The quantitative estimate of drug-likeness (QED) is 0.815. The van der Waals surface area contributed by atoms with Crippen LogP contribution in [0.2, 0.25) is 0 Å². The van der Waals surface area contributed by atoms with Crippen molar-refractivity contribution in [1.82, 2.24) is 10.2 Å². The van der Waals surface area contributed by atoms with Gasteiger partial charge in [0.1, 0.15) is 11.8 Å². The maximum atomic E-state index is 12.6. The molecule has 6 nitrogen and oxygen atoms in total. The zero-order valence-electron chi connectivity index (χ0n) is 11.5. The predicted molar refractivity (Wildman–Crippen MR) is 72.6 cm³/mol. The number of nitrogens with one attached hydrogen (secondary N) is 1. The molecular formula is C14H18N2O4. The summed E-state index contributed by atoms with van der Waals surface area (Å²) in [6.07, 6.45) is 0. The molecule has 2 N–H and O–H groups in total. The van der Waals surface area contributed by atoms with Crippen molar-refractivity contribution in [3.63, 3.8) is 0 Å². The highest BCUT2D eigenvalue weighted by molar-refractivity contribution is 5.99. The minimum absolute atomic E-state index is 0.115. The summed E-state index contributed by atoms with van der Waals surface area (Å²) in [5, 5.41) is 11.9. The molecular weight excluding hydrogens is 260 g/mol. The summed E-state index contributed by atoms with van der Waals surface area (Å²) in [6, 6.07) is 3.95. The van der Waals surface area contributed by atoms with Crippen molar-refractivity contribution < 1.29 is 19.4 Å². The van der Waals surface area contributed by atoms with Crippen LogP contribution < -0.4 is 5.32 Å². The molecule has 0 radical (unpaired) electrons. The number of ether oxygens (including phenoxy) is 1. The van der Waals surface area contributed by atoms with Gasteiger partial charge in [0.15, 0.2) is 0 Å². The van der Waals surface area contributed by atoms with Gasteiger partial charge in [0, 0.05) is 19.2 Å². The van der Waals surface area contributed by atoms with E-state index in [4.69, 9.17) is 4.74 Å². The molecule has 1 aliphatic rings. The Hall–Kier alpha value is -2.08. The normalized spacial score (nSPS) is 18.7. The van der Waals surface area contributed by atoms with Crippen molar-refractivity contribution in [2.75, 3.05) is 26.8 Å². The molecule has 0 aliphatic carbocycles. The van der Waals surface area contributed by atoms with Gasteiger partial charge in [-0.05, 0) is 30.7 Å². The van der Waals surface area contributed by atoms with Crippen LogP contribution in [-0.4, -0.2) is 54.7 Å². The molecule has 0 saturated carbocycles. The number of aromatic hydroxyl groups is 1. The molecule has 2 rings (SSSR count). The van der Waals surface area contributed by atoms with E-state index in [0.717, 1.165) is 0 Å². The van der Waals surface area contributed by atoms with Crippen LogP contribution >= 0.6 is 0 Å². The molecule has 1 aromatic carbocycles. The first-order valence-corrected chi connectivity index (χ1v) is 6.44. The number of amides is 2. The maximum Gasteiger partial charge on any atom is 0.254 e. The molecule has 1 aromatic rings. The molecule has 6 heteroatoms. The fourth-order valence-electron chi connectivity index (χ4n) is 2.27. The lowest BCUT2D eigenvalue weighted by Crippen LogP contribution is -2.55. The number of likely N-dealkylation sites (N-methyl/N-ethyl adjacent to an activating group) is 1. The molecule has 1 unspecified atom stereocenters. The Bertz CT molecular complexity index is 530. The van der Waals surface area contributed by atoms with E-state index in [9.17, 15) is 14.7 Å². The molecule has 108 valence electrons. The van der Waals surface area contributed by atoms with Crippen LogP contribution in [-0.2, 0) is 9.53 Å². The third kappa shape index (κ3) is 2.75. The van der Waals surface area contributed by atoms with Crippen LogP contribution in [0.15, 0.2) is 18.2 Å². The summed E-state index contributed by atoms with van der Waals surface area (Å²) in [5.41, 5.74) is 1.16. The molecule has 0 spiro atoms. The zero-order chi connectivity index (χ0) is 14.7. The van der Waals surface area contributed by atoms with Crippen molar-refractivity contribution in [3.05, 3.63) is 29.3 Å². The highest BCUT2D eigenvalue weighted by Gasteiger charge is 2.33. The van der Waals surface area contributed by atoms with Crippen LogP contribution in [0.3, 0.4) is 0 Å². The standard InChI is InChI=1S/C14H18N2O4/c1-9-7-10(17)3-4-11(9)14(19)16-5-6-20-8-12(16)13(18)15-2/h3-4,7,12,17H,5-6,8H2,1-2H3,(H,15,18). The average Bonchev–Trinajstić information content (AvgIpc) is 2.46. The summed E-state index contributed by atoms with van der Waals surface area (Å²) in [5.74, 6) is -0.349. The lowest BCUT2D eigenvalue weighted by atomic mass is 10.1. The van der Waals surface area contributed by atoms with Crippen LogP contribution in [0.5, 0.6) is 5.75 Å². The van der Waals surface area contributed by atoms with Crippen LogP contribution in [0.1, 0.15) is 15.9 Å². The van der Waals surface area contributed by atoms with Crippen molar-refractivity contribution in [2.24, 2.45) is 0 Å². The van der Waals surface area contributed by atoms with Crippen LogP contribution in [0.4, 0.5) is 0 Å². The third-order valence-electron chi connectivity index (χ3n) is 3.38. The van der Waals surface area contributed by atoms with E-state index in [1.807, 2.05) is 0 Å². The Labute approximate surface area is 117 Å². The summed E-state index contributed by atoms with van der Waals surface area (Å²) in [7, 11) is 1.53. The third-order valence-corrected chi connectivity index (χ3v) is 3.38. The summed E-state index contributed by atoms with van der Waals surface area (Å²) in [4.78, 5) is 25.9. The topological polar surface area (TPSA) is 78.9 Å². The van der Waals surface area contributed by atoms with E-state index < -0.39 is 6.04 Å². The molecule has 0 bridgehead atoms. The smallest absolute Gasteiger partial charge is 0.254 e. The highest BCUT2D eigenvalue weighted by atomic mass is 16.5. The SMILES string of the molecule is CNC(=O)C1COCCN1C(=O)c1ccc(O)cc1C. The summed E-state index contributed by atoms with van der Waals surface area (Å²) in [6.45, 7) is 2.73. The highest BCUT2D eigenvalue weighted by Crippen LogP contribution is 2.19. The van der Waals surface area contributed by atoms with Gasteiger partial charge in [0.2, 0.25) is 5.91 Å². The van der Waals surface area contributed by atoms with E-state index in [2.05, 4.69) is 5.32 Å². The summed E-state index contributed by atoms with van der Waals surface area (Å²) < 4.78 is 5.28. The number of morpholine rings is 1. The predicted octanol–water partition coefficient (Wildman–Crippen LogP) is 0.288. The van der Waals surface area contributed by atoms with E-state index in [-0.39, 0.29) is 24.2 Å². The lowest BCUT2D eigenvalue weighted by molar-refractivity contribution is -0.130. The molecule has 1 fully saturated rings. The number of aryl methyl sites for hydroxylation is 1. The van der Waals surface area contributed by atoms with Crippen molar-refractivity contribution in [2.45, 2.75) is 13.0 Å². The largest absolute Gasteiger partial charge is 0.508 e. The number of carbonyl (C=O) groups excluding carboxylic acids is 2. The van der Waals surface area contributed by atoms with Gasteiger partial charge in [-0.2, -0.15) is 0 Å². The number of phenolic OH excluding ortho intramolecular Hbond substituents is 1. The number of carbonyl (C=O) groups is 2. The zero-order valence-corrected chi connectivity index (χ0v) is 11.5. The number of phenols is 1. The molecule has 1 saturated heterocycles. The second-order valence-electron chi connectivity index (χ2n) is 4.70. The first-order valence-electron chi connectivity index (χ1n) is 6.44. The Morgan fingerprint density at radius 3 is 2.85 bits per heavy atom. The van der Waals surface area contributed by atoms with E-state index in [1.54, 1.807) is 13.0 Å². The number of hydrogen-bond acceptors (Lipinski definition) is 4. The van der Waals surface area contributed by atoms with Crippen LogP contribution in [0, 0.1) is 6.92 Å². The van der Waals surface area contributed by atoms with Gasteiger partial charge in [-0.1, -0.05) is 0 Å². The fourth-order valence-corrected chi connectivity index (χ4v) is 2.27. The van der Waals surface area contributed by atoms with Gasteiger partial charge in [-0.15, -0.1) is 0 Å². The molecule has 1 aliphatic heterocycles. The first-order chi connectivity index (χ1) is 9.54. The fraction of sp³-hybridized carbons (Fsp3) is 0.429. The monoisotopic (exact) mass is 278 g/mol. The number of nitrogens with zero attached hydrogens (tertiary/aromatic N) is 1. The Kier molecular flexibility index (Phi) is 4.24. The summed E-state index contributed by atoms with van der Waals surface area (Å²) >= 11 is 0. The molecule has 0 aromatic heterocycles. The Balaban J connectivity index is 2.27. The Morgan fingerprint density at radius 1 is 1.45 bits per heavy atom. The van der Waals surface area contributed by atoms with Crippen LogP contribution in [0.25, 0.3) is 0 Å². The molecule has 1 heterocycles. The van der Waals surface area contributed by atoms with Gasteiger partial charge < -0.3 is 20.1 Å². The van der Waals surface area contributed by atoms with E-state index in [1.165, 1.54) is 24.1 Å². The second kappa shape index (κ2) is 5.92. The van der Waals surface area contributed by atoms with Gasteiger partial charge in [0.05, 0.1) is 13.2 Å². The minimum atomic E-state index is -0.616. The Morgan fingerprint density at radius 2 is 2.20 bits per heavy atom. The minimum Gasteiger partial charge on any atom is -0.508 e. The molecule has 20 heavy (non-hydrogen) atoms. The van der Waals surface area contributed by atoms with E-state index >= 15 is 0 Å². The number of benzene rings is 1. The molecule has 2 amide bonds. The number of hydrogen-bond donors (Lipinski definition) is 2. The van der Waals surface area contributed by atoms with Crippen molar-refractivity contribution in [3.8, 4) is 5.75 Å². The van der Waals surface area contributed by atoms with Crippen molar-refractivity contribution in [1.29, 1.82) is 0 Å². The van der Waals surface area contributed by atoms with Gasteiger partial charge in [-0.3, -0.25) is 9.59 Å². The maximum absolute atomic E-state index is 12.6. The molecule has 1 atom stereocenters. The average molecular weight is 278 g/mol. The van der Waals surface area contributed by atoms with Crippen molar-refractivity contribution >= 4 is 11.8 Å². The lowest BCUT2D eigenvalue weighted by Gasteiger charge is -2.34. The van der Waals surface area contributed by atoms with Gasteiger partial charge in [-0.25, -0.2) is 0 Å². The van der Waals surface area contributed by atoms with Gasteiger partial charge >= 0.3 is 0 Å². The van der Waals surface area contributed by atoms with Gasteiger partial charge in [0.25, 0.3) is 5.91 Å². The second-order valence-corrected chi connectivity index (χ2v) is 4.70. The number of rotatable bonds is 2.